The number of carbonyl (C=O) groups excluding carboxylic acids is 1. The van der Waals surface area contributed by atoms with E-state index < -0.39 is 5.97 Å². The number of rotatable bonds is 4. The predicted octanol–water partition coefficient (Wildman–Crippen LogP) is 3.72. The Hall–Kier alpha value is -3.61. The summed E-state index contributed by atoms with van der Waals surface area (Å²) in [6.07, 6.45) is -0.370. The zero-order valence-corrected chi connectivity index (χ0v) is 15.4. The highest BCUT2D eigenvalue weighted by Crippen LogP contribution is 2.44. The number of hydrogen-bond acceptors (Lipinski definition) is 5. The summed E-state index contributed by atoms with van der Waals surface area (Å²) < 4.78 is 10.4. The number of ether oxygens (including phenoxy) is 1. The molecule has 29 heavy (non-hydrogen) atoms. The van der Waals surface area contributed by atoms with Crippen LogP contribution in [0.2, 0.25) is 0 Å². The molecule has 7 nitrogen and oxygen atoms in total. The second-order valence-corrected chi connectivity index (χ2v) is 7.33. The maximum Gasteiger partial charge on any atom is 0.409 e. The minimum absolute atomic E-state index is 0.0251. The maximum atomic E-state index is 12.5. The molecule has 3 aromatic rings. The number of hydrogen-bond donors (Lipinski definition) is 1. The number of nitrogens with zero attached hydrogens (tertiary/aromatic N) is 2. The number of benzene rings is 2. The van der Waals surface area contributed by atoms with Gasteiger partial charge in [0.2, 0.25) is 5.76 Å². The van der Waals surface area contributed by atoms with Crippen LogP contribution in [0, 0.1) is 0 Å². The second-order valence-electron chi connectivity index (χ2n) is 7.33. The summed E-state index contributed by atoms with van der Waals surface area (Å²) in [7, 11) is 0. The van der Waals surface area contributed by atoms with Gasteiger partial charge in [0, 0.05) is 31.0 Å². The number of aromatic nitrogens is 1. The van der Waals surface area contributed by atoms with E-state index in [1.165, 1.54) is 28.3 Å². The van der Waals surface area contributed by atoms with Crippen molar-refractivity contribution >= 4 is 12.1 Å². The van der Waals surface area contributed by atoms with Crippen molar-refractivity contribution in [3.05, 3.63) is 77.2 Å². The fourth-order valence-corrected chi connectivity index (χ4v) is 4.08. The highest BCUT2D eigenvalue weighted by molar-refractivity contribution is 5.84. The van der Waals surface area contributed by atoms with Crippen LogP contribution >= 0.6 is 0 Å². The molecule has 5 rings (SSSR count). The molecule has 0 radical (unpaired) electrons. The van der Waals surface area contributed by atoms with Gasteiger partial charge in [-0.2, -0.15) is 0 Å². The monoisotopic (exact) mass is 390 g/mol. The highest BCUT2D eigenvalue weighted by atomic mass is 16.6. The van der Waals surface area contributed by atoms with Crippen molar-refractivity contribution in [2.24, 2.45) is 0 Å². The van der Waals surface area contributed by atoms with Crippen molar-refractivity contribution < 1.29 is 24.0 Å². The van der Waals surface area contributed by atoms with Crippen LogP contribution in [0.1, 0.15) is 39.2 Å². The van der Waals surface area contributed by atoms with Crippen LogP contribution in [-0.2, 0) is 4.74 Å². The third-order valence-corrected chi connectivity index (χ3v) is 5.63. The van der Waals surface area contributed by atoms with Gasteiger partial charge in [0.25, 0.3) is 0 Å². The Morgan fingerprint density at radius 1 is 1.07 bits per heavy atom. The molecule has 146 valence electrons. The fraction of sp³-hybridized carbons (Fsp3) is 0.227. The van der Waals surface area contributed by atoms with E-state index in [4.69, 9.17) is 14.4 Å². The largest absolute Gasteiger partial charge is 0.475 e. The lowest BCUT2D eigenvalue weighted by Gasteiger charge is -2.37. The van der Waals surface area contributed by atoms with Gasteiger partial charge in [0.15, 0.2) is 0 Å². The Balaban J connectivity index is 1.22. The normalized spacial score (nSPS) is 15.5. The summed E-state index contributed by atoms with van der Waals surface area (Å²) in [6, 6.07) is 17.8. The molecule has 1 amide bonds. The van der Waals surface area contributed by atoms with E-state index in [9.17, 15) is 9.59 Å². The number of fused-ring (bicyclic) bond motifs is 3. The first kappa shape index (κ1) is 17.5. The number of carboxylic acids is 1. The van der Waals surface area contributed by atoms with Crippen molar-refractivity contribution in [2.45, 2.75) is 11.8 Å². The Bertz CT molecular complexity index is 1050. The number of carbonyl (C=O) groups is 2. The van der Waals surface area contributed by atoms with Crippen molar-refractivity contribution in [3.63, 3.8) is 0 Å². The molecule has 2 aromatic carbocycles. The summed E-state index contributed by atoms with van der Waals surface area (Å²) in [5.41, 5.74) is 5.27. The number of carboxylic acid groups (broad SMARTS) is 1. The van der Waals surface area contributed by atoms with Crippen molar-refractivity contribution in [3.8, 4) is 11.1 Å². The molecule has 7 heteroatoms. The van der Waals surface area contributed by atoms with Gasteiger partial charge < -0.3 is 19.3 Å². The van der Waals surface area contributed by atoms with Crippen molar-refractivity contribution in [1.82, 2.24) is 10.1 Å². The lowest BCUT2D eigenvalue weighted by molar-refractivity contribution is 0.0651. The van der Waals surface area contributed by atoms with Crippen LogP contribution in [0.5, 0.6) is 0 Å². The maximum absolute atomic E-state index is 12.5. The third-order valence-electron chi connectivity index (χ3n) is 5.63. The third kappa shape index (κ3) is 2.95. The number of likely N-dealkylation sites (tertiary alicyclic amines) is 1. The molecule has 2 aliphatic rings. The van der Waals surface area contributed by atoms with Gasteiger partial charge in [-0.15, -0.1) is 0 Å². The molecule has 0 unspecified atom stereocenters. The quantitative estimate of drug-likeness (QED) is 0.730. The number of amides is 1. The summed E-state index contributed by atoms with van der Waals surface area (Å²) in [5, 5.41) is 12.7. The zero-order chi connectivity index (χ0) is 20.0. The summed E-state index contributed by atoms with van der Waals surface area (Å²) in [6.45, 7) is 1.14. The number of aromatic carboxylic acids is 1. The molecule has 1 N–H and O–H groups in total. The van der Waals surface area contributed by atoms with Crippen molar-refractivity contribution in [1.29, 1.82) is 0 Å². The zero-order valence-electron chi connectivity index (χ0n) is 15.4. The van der Waals surface area contributed by atoms with E-state index in [-0.39, 0.29) is 30.3 Å². The highest BCUT2D eigenvalue weighted by Gasteiger charge is 2.36. The molecule has 2 heterocycles. The Kier molecular flexibility index (Phi) is 4.08. The van der Waals surface area contributed by atoms with Gasteiger partial charge in [0.05, 0.1) is 5.69 Å². The second kappa shape index (κ2) is 6.77. The van der Waals surface area contributed by atoms with Gasteiger partial charge in [-0.3, -0.25) is 0 Å². The van der Waals surface area contributed by atoms with E-state index in [1.54, 1.807) is 4.90 Å². The van der Waals surface area contributed by atoms with Crippen LogP contribution in [0.4, 0.5) is 4.79 Å². The Morgan fingerprint density at radius 2 is 1.69 bits per heavy atom. The summed E-state index contributed by atoms with van der Waals surface area (Å²) in [5.74, 6) is -1.36. The predicted molar refractivity (Wildman–Crippen MR) is 103 cm³/mol. The molecule has 1 aliphatic heterocycles. The van der Waals surface area contributed by atoms with Gasteiger partial charge in [-0.05, 0) is 22.3 Å². The van der Waals surface area contributed by atoms with Crippen LogP contribution in [-0.4, -0.2) is 46.9 Å². The molecule has 1 fully saturated rings. The summed E-state index contributed by atoms with van der Waals surface area (Å²) >= 11 is 0. The summed E-state index contributed by atoms with van der Waals surface area (Å²) in [4.78, 5) is 24.9. The Labute approximate surface area is 166 Å². The minimum Gasteiger partial charge on any atom is -0.475 e. The van der Waals surface area contributed by atoms with Crippen LogP contribution in [0.3, 0.4) is 0 Å². The first-order valence-corrected chi connectivity index (χ1v) is 9.41. The van der Waals surface area contributed by atoms with E-state index in [1.807, 2.05) is 24.3 Å². The molecular formula is C22H18N2O5. The van der Waals surface area contributed by atoms with E-state index in [2.05, 4.69) is 29.4 Å². The molecule has 1 aliphatic carbocycles. The average Bonchev–Trinajstić information content (AvgIpc) is 3.29. The first-order valence-electron chi connectivity index (χ1n) is 9.41. The van der Waals surface area contributed by atoms with Gasteiger partial charge in [-0.1, -0.05) is 53.7 Å². The standard InChI is InChI=1S/C22H18N2O5/c25-21(26)20-9-19(23-29-20)13-10-24(11-13)22(27)28-12-18-16-7-3-1-5-14(16)15-6-2-4-8-17(15)18/h1-9,13,18H,10-12H2,(H,25,26). The van der Waals surface area contributed by atoms with Crippen LogP contribution in [0.15, 0.2) is 59.1 Å². The van der Waals surface area contributed by atoms with E-state index in [0.717, 1.165) is 0 Å². The average molecular weight is 390 g/mol. The lowest BCUT2D eigenvalue weighted by Crippen LogP contribution is -2.49. The Morgan fingerprint density at radius 3 is 2.28 bits per heavy atom. The lowest BCUT2D eigenvalue weighted by atomic mass is 9.96. The molecule has 0 atom stereocenters. The van der Waals surface area contributed by atoms with Crippen LogP contribution in [0.25, 0.3) is 11.1 Å². The van der Waals surface area contributed by atoms with E-state index >= 15 is 0 Å². The molecule has 0 bridgehead atoms. The topological polar surface area (TPSA) is 92.9 Å². The molecule has 1 saturated heterocycles. The van der Waals surface area contributed by atoms with Gasteiger partial charge in [0.1, 0.15) is 6.61 Å². The molecule has 0 spiro atoms. The fourth-order valence-electron chi connectivity index (χ4n) is 4.08. The SMILES string of the molecule is O=C(O)c1cc(C2CN(C(=O)OCC3c4ccccc4-c4ccccc43)C2)no1. The van der Waals surface area contributed by atoms with Crippen LogP contribution < -0.4 is 0 Å². The smallest absolute Gasteiger partial charge is 0.409 e. The molecule has 1 aromatic heterocycles. The molecular weight excluding hydrogens is 372 g/mol. The first-order chi connectivity index (χ1) is 14.1. The van der Waals surface area contributed by atoms with E-state index in [0.29, 0.717) is 18.8 Å². The van der Waals surface area contributed by atoms with Gasteiger partial charge >= 0.3 is 12.1 Å². The molecule has 0 saturated carbocycles. The minimum atomic E-state index is -1.16. The van der Waals surface area contributed by atoms with Crippen molar-refractivity contribution in [2.75, 3.05) is 19.7 Å². The van der Waals surface area contributed by atoms with Gasteiger partial charge in [-0.25, -0.2) is 9.59 Å².